The highest BCUT2D eigenvalue weighted by molar-refractivity contribution is 7.92. The molecular formula is C22H22N2O4S. The lowest BCUT2D eigenvalue weighted by atomic mass is 10.1. The summed E-state index contributed by atoms with van der Waals surface area (Å²) in [7, 11) is -3.66. The quantitative estimate of drug-likeness (QED) is 0.495. The van der Waals surface area contributed by atoms with Crippen LogP contribution in [0.5, 0.6) is 5.75 Å². The smallest absolute Gasteiger partial charge is 0.261 e. The third kappa shape index (κ3) is 5.83. The topological polar surface area (TPSA) is 95.5 Å². The summed E-state index contributed by atoms with van der Waals surface area (Å²) < 4.78 is 27.2. The first-order valence-electron chi connectivity index (χ1n) is 9.18. The fourth-order valence-corrected chi connectivity index (χ4v) is 3.84. The molecule has 0 aromatic heterocycles. The predicted molar refractivity (Wildman–Crippen MR) is 112 cm³/mol. The normalized spacial score (nSPS) is 11.0. The van der Waals surface area contributed by atoms with Crippen LogP contribution in [0.3, 0.4) is 0 Å². The van der Waals surface area contributed by atoms with Gasteiger partial charge in [-0.1, -0.05) is 30.3 Å². The maximum atomic E-state index is 12.3. The van der Waals surface area contributed by atoms with Gasteiger partial charge in [0.15, 0.2) is 0 Å². The lowest BCUT2D eigenvalue weighted by Crippen LogP contribution is -2.24. The SMILES string of the molecule is O=C(NCCCc1ccc(O)cc1)c1ccc(NS(=O)(=O)c2ccccc2)cc1. The van der Waals surface area contributed by atoms with E-state index >= 15 is 0 Å². The van der Waals surface area contributed by atoms with Gasteiger partial charge in [0.2, 0.25) is 0 Å². The zero-order chi connectivity index (χ0) is 20.7. The van der Waals surface area contributed by atoms with Crippen LogP contribution in [-0.2, 0) is 16.4 Å². The molecule has 0 saturated carbocycles. The molecule has 0 aliphatic heterocycles. The summed E-state index contributed by atoms with van der Waals surface area (Å²) in [6, 6.07) is 21.4. The Bertz CT molecular complexity index is 1050. The molecule has 3 aromatic carbocycles. The molecule has 0 saturated heterocycles. The standard InChI is InChI=1S/C22H22N2O4S/c25-20-14-8-17(9-15-20)5-4-16-23-22(26)18-10-12-19(13-11-18)24-29(27,28)21-6-2-1-3-7-21/h1-3,6-15,24-25H,4-5,16H2,(H,23,26). The van der Waals surface area contributed by atoms with Gasteiger partial charge in [-0.15, -0.1) is 0 Å². The van der Waals surface area contributed by atoms with Crippen molar-refractivity contribution in [2.45, 2.75) is 17.7 Å². The van der Waals surface area contributed by atoms with Crippen LogP contribution in [0, 0.1) is 0 Å². The molecule has 0 radical (unpaired) electrons. The van der Waals surface area contributed by atoms with Crippen LogP contribution in [0.15, 0.2) is 83.8 Å². The van der Waals surface area contributed by atoms with Crippen molar-refractivity contribution in [1.82, 2.24) is 5.32 Å². The summed E-state index contributed by atoms with van der Waals surface area (Å²) in [5.74, 6) is 0.0183. The maximum absolute atomic E-state index is 12.3. The molecule has 3 rings (SSSR count). The molecule has 0 fully saturated rings. The van der Waals surface area contributed by atoms with Crippen molar-refractivity contribution >= 4 is 21.6 Å². The van der Waals surface area contributed by atoms with Crippen LogP contribution in [-0.4, -0.2) is 26.0 Å². The van der Waals surface area contributed by atoms with E-state index in [1.807, 2.05) is 12.1 Å². The molecule has 3 N–H and O–H groups in total. The van der Waals surface area contributed by atoms with Crippen LogP contribution in [0.1, 0.15) is 22.3 Å². The largest absolute Gasteiger partial charge is 0.508 e. The highest BCUT2D eigenvalue weighted by Gasteiger charge is 2.13. The van der Waals surface area contributed by atoms with Gasteiger partial charge in [-0.25, -0.2) is 8.42 Å². The number of rotatable bonds is 8. The highest BCUT2D eigenvalue weighted by Crippen LogP contribution is 2.16. The van der Waals surface area contributed by atoms with E-state index < -0.39 is 10.0 Å². The number of aryl methyl sites for hydroxylation is 1. The summed E-state index contributed by atoms with van der Waals surface area (Å²) in [6.07, 6.45) is 1.56. The van der Waals surface area contributed by atoms with Gasteiger partial charge in [0.25, 0.3) is 15.9 Å². The van der Waals surface area contributed by atoms with E-state index in [4.69, 9.17) is 0 Å². The summed E-state index contributed by atoms with van der Waals surface area (Å²) in [5.41, 5.74) is 1.93. The van der Waals surface area contributed by atoms with Crippen molar-refractivity contribution in [1.29, 1.82) is 0 Å². The maximum Gasteiger partial charge on any atom is 0.261 e. The van der Waals surface area contributed by atoms with Gasteiger partial charge in [-0.05, 0) is 66.9 Å². The van der Waals surface area contributed by atoms with Gasteiger partial charge in [-0.2, -0.15) is 0 Å². The Morgan fingerprint density at radius 2 is 1.52 bits per heavy atom. The van der Waals surface area contributed by atoms with Crippen molar-refractivity contribution < 1.29 is 18.3 Å². The molecule has 1 amide bonds. The van der Waals surface area contributed by atoms with Crippen molar-refractivity contribution in [3.05, 3.63) is 90.0 Å². The second-order valence-electron chi connectivity index (χ2n) is 6.52. The van der Waals surface area contributed by atoms with E-state index in [-0.39, 0.29) is 16.6 Å². The van der Waals surface area contributed by atoms with Crippen LogP contribution < -0.4 is 10.0 Å². The minimum absolute atomic E-state index is 0.176. The van der Waals surface area contributed by atoms with Crippen molar-refractivity contribution in [2.75, 3.05) is 11.3 Å². The van der Waals surface area contributed by atoms with Crippen LogP contribution in [0.4, 0.5) is 5.69 Å². The zero-order valence-corrected chi connectivity index (χ0v) is 16.5. The molecule has 150 valence electrons. The number of benzene rings is 3. The number of aromatic hydroxyl groups is 1. The molecule has 3 aromatic rings. The Labute approximate surface area is 170 Å². The predicted octanol–water partition coefficient (Wildman–Crippen LogP) is 3.56. The lowest BCUT2D eigenvalue weighted by Gasteiger charge is -2.09. The first-order valence-corrected chi connectivity index (χ1v) is 10.7. The van der Waals surface area contributed by atoms with Crippen molar-refractivity contribution in [3.63, 3.8) is 0 Å². The number of hydrogen-bond acceptors (Lipinski definition) is 4. The zero-order valence-electron chi connectivity index (χ0n) is 15.7. The third-order valence-corrected chi connectivity index (χ3v) is 5.71. The Balaban J connectivity index is 1.50. The molecule has 0 bridgehead atoms. The van der Waals surface area contributed by atoms with Gasteiger partial charge in [0, 0.05) is 17.8 Å². The number of amides is 1. The average Bonchev–Trinajstić information content (AvgIpc) is 2.73. The fraction of sp³-hybridized carbons (Fsp3) is 0.136. The van der Waals surface area contributed by atoms with E-state index in [1.54, 1.807) is 54.6 Å². The fourth-order valence-electron chi connectivity index (χ4n) is 2.76. The minimum Gasteiger partial charge on any atom is -0.508 e. The van der Waals surface area contributed by atoms with Gasteiger partial charge < -0.3 is 10.4 Å². The van der Waals surface area contributed by atoms with Gasteiger partial charge in [0.05, 0.1) is 4.90 Å². The van der Waals surface area contributed by atoms with Crippen molar-refractivity contribution in [3.8, 4) is 5.75 Å². The third-order valence-electron chi connectivity index (χ3n) is 4.32. The Hall–Kier alpha value is -3.32. The molecule has 0 unspecified atom stereocenters. The highest BCUT2D eigenvalue weighted by atomic mass is 32.2. The molecule has 0 aliphatic carbocycles. The molecule has 0 atom stereocenters. The van der Waals surface area contributed by atoms with Crippen LogP contribution >= 0.6 is 0 Å². The van der Waals surface area contributed by atoms with E-state index in [2.05, 4.69) is 10.0 Å². The summed E-state index contributed by atoms with van der Waals surface area (Å²) in [4.78, 5) is 12.4. The number of phenols is 1. The first kappa shape index (κ1) is 20.4. The van der Waals surface area contributed by atoms with Crippen molar-refractivity contribution in [2.24, 2.45) is 0 Å². The van der Waals surface area contributed by atoms with Gasteiger partial charge >= 0.3 is 0 Å². The lowest BCUT2D eigenvalue weighted by molar-refractivity contribution is 0.0953. The van der Waals surface area contributed by atoms with E-state index in [0.717, 1.165) is 18.4 Å². The molecule has 7 heteroatoms. The first-order chi connectivity index (χ1) is 13.9. The van der Waals surface area contributed by atoms with E-state index in [1.165, 1.54) is 12.1 Å². The molecule has 29 heavy (non-hydrogen) atoms. The van der Waals surface area contributed by atoms with E-state index in [9.17, 15) is 18.3 Å². The number of anilines is 1. The van der Waals surface area contributed by atoms with Gasteiger partial charge in [0.1, 0.15) is 5.75 Å². The number of hydrogen-bond donors (Lipinski definition) is 3. The average molecular weight is 410 g/mol. The molecule has 6 nitrogen and oxygen atoms in total. The summed E-state index contributed by atoms with van der Waals surface area (Å²) in [6.45, 7) is 0.516. The number of carbonyl (C=O) groups excluding carboxylic acids is 1. The second-order valence-corrected chi connectivity index (χ2v) is 8.20. The van der Waals surface area contributed by atoms with Gasteiger partial charge in [-0.3, -0.25) is 9.52 Å². The molecule has 0 aliphatic rings. The van der Waals surface area contributed by atoms with Crippen LogP contribution in [0.25, 0.3) is 0 Å². The Kier molecular flexibility index (Phi) is 6.51. The molecular weight excluding hydrogens is 388 g/mol. The monoisotopic (exact) mass is 410 g/mol. The van der Waals surface area contributed by atoms with Crippen LogP contribution in [0.2, 0.25) is 0 Å². The van der Waals surface area contributed by atoms with E-state index in [0.29, 0.717) is 17.8 Å². The number of carbonyl (C=O) groups is 1. The number of nitrogens with one attached hydrogen (secondary N) is 2. The molecule has 0 spiro atoms. The number of sulfonamides is 1. The Morgan fingerprint density at radius 1 is 0.862 bits per heavy atom. The molecule has 0 heterocycles. The summed E-state index contributed by atoms with van der Waals surface area (Å²) in [5, 5.41) is 12.1. The number of phenolic OH excluding ortho intramolecular Hbond substituents is 1. The minimum atomic E-state index is -3.66. The second kappa shape index (κ2) is 9.25. The Morgan fingerprint density at radius 3 is 2.17 bits per heavy atom. The summed E-state index contributed by atoms with van der Waals surface area (Å²) >= 11 is 0.